The molecule has 6 nitrogen and oxygen atoms in total. The van der Waals surface area contributed by atoms with Gasteiger partial charge >= 0.3 is 11.9 Å². The van der Waals surface area contributed by atoms with Crippen LogP contribution in [-0.4, -0.2) is 40.1 Å². The number of aryl methyl sites for hydroxylation is 2. The summed E-state index contributed by atoms with van der Waals surface area (Å²) in [6, 6.07) is 26.2. The summed E-state index contributed by atoms with van der Waals surface area (Å²) in [4.78, 5) is 24.5. The van der Waals surface area contributed by atoms with E-state index >= 15 is 0 Å². The van der Waals surface area contributed by atoms with E-state index in [-0.39, 0.29) is 12.0 Å². The molecule has 220 valence electrons. The molecule has 1 aliphatic rings. The highest BCUT2D eigenvalue weighted by Gasteiger charge is 2.14. The minimum atomic E-state index is -0.934. The molecule has 0 heterocycles. The molecule has 0 fully saturated rings. The van der Waals surface area contributed by atoms with Gasteiger partial charge in [0.15, 0.2) is 0 Å². The lowest BCUT2D eigenvalue weighted by atomic mass is 9.99. The molecule has 0 unspecified atom stereocenters. The average Bonchev–Trinajstić information content (AvgIpc) is 3.01. The third-order valence-corrected chi connectivity index (χ3v) is 7.64. The first kappa shape index (κ1) is 30.8. The number of allylic oxidation sites excluding steroid dienone is 2. The number of ether oxygens (including phenoxy) is 1. The van der Waals surface area contributed by atoms with Gasteiger partial charge in [-0.15, -0.1) is 0 Å². The maximum atomic E-state index is 11.2. The molecule has 0 saturated heterocycles. The van der Waals surface area contributed by atoms with Gasteiger partial charge in [-0.1, -0.05) is 72.8 Å². The smallest absolute Gasteiger partial charge is 0.335 e. The first-order chi connectivity index (χ1) is 20.5. The second-order valence-electron chi connectivity index (χ2n) is 10.9. The molecular formula is C36H41NO5. The van der Waals surface area contributed by atoms with E-state index in [0.717, 1.165) is 68.5 Å². The van der Waals surface area contributed by atoms with Gasteiger partial charge in [0.25, 0.3) is 0 Å². The zero-order valence-corrected chi connectivity index (χ0v) is 24.2. The Morgan fingerprint density at radius 1 is 0.738 bits per heavy atom. The molecule has 4 rings (SSSR count). The van der Waals surface area contributed by atoms with Crippen molar-refractivity contribution in [1.82, 2.24) is 4.90 Å². The number of hydrogen-bond acceptors (Lipinski definition) is 4. The lowest BCUT2D eigenvalue weighted by Crippen LogP contribution is -2.26. The number of nitrogens with zero attached hydrogens (tertiary/aromatic N) is 1. The first-order valence-corrected chi connectivity index (χ1v) is 14.9. The number of unbranched alkanes of at least 4 members (excludes halogenated alkanes) is 1. The van der Waals surface area contributed by atoms with Gasteiger partial charge in [0, 0.05) is 19.5 Å². The summed E-state index contributed by atoms with van der Waals surface area (Å²) >= 11 is 0. The van der Waals surface area contributed by atoms with Gasteiger partial charge in [0.1, 0.15) is 12.4 Å². The summed E-state index contributed by atoms with van der Waals surface area (Å²) in [6.07, 6.45) is 10.7. The Bertz CT molecular complexity index is 1340. The highest BCUT2D eigenvalue weighted by Crippen LogP contribution is 2.25. The third-order valence-electron chi connectivity index (χ3n) is 7.64. The molecule has 0 spiro atoms. The Morgan fingerprint density at radius 3 is 2.10 bits per heavy atom. The zero-order chi connectivity index (χ0) is 29.6. The summed E-state index contributed by atoms with van der Waals surface area (Å²) < 4.78 is 6.32. The largest absolute Gasteiger partial charge is 0.489 e. The van der Waals surface area contributed by atoms with E-state index < -0.39 is 11.9 Å². The van der Waals surface area contributed by atoms with Crippen LogP contribution in [0.3, 0.4) is 0 Å². The average molecular weight is 568 g/mol. The second kappa shape index (κ2) is 16.3. The van der Waals surface area contributed by atoms with E-state index in [4.69, 9.17) is 9.84 Å². The Hall–Kier alpha value is -4.16. The zero-order valence-electron chi connectivity index (χ0n) is 24.2. The Balaban J connectivity index is 1.33. The van der Waals surface area contributed by atoms with Crippen LogP contribution >= 0.6 is 0 Å². The number of carboxylic acid groups (broad SMARTS) is 2. The van der Waals surface area contributed by atoms with Crippen molar-refractivity contribution >= 4 is 11.9 Å². The van der Waals surface area contributed by atoms with Crippen LogP contribution < -0.4 is 0 Å². The van der Waals surface area contributed by atoms with Crippen molar-refractivity contribution in [2.45, 2.75) is 64.5 Å². The van der Waals surface area contributed by atoms with Crippen LogP contribution in [0.5, 0.6) is 0 Å². The molecule has 0 bridgehead atoms. The molecule has 0 amide bonds. The molecule has 0 aliphatic heterocycles. The number of benzene rings is 3. The van der Waals surface area contributed by atoms with Gasteiger partial charge in [0.2, 0.25) is 0 Å². The Labute approximate surface area is 249 Å². The molecule has 1 aliphatic carbocycles. The van der Waals surface area contributed by atoms with Crippen LogP contribution in [0.1, 0.15) is 71.1 Å². The summed E-state index contributed by atoms with van der Waals surface area (Å²) in [7, 11) is 0. The van der Waals surface area contributed by atoms with Gasteiger partial charge in [0.05, 0.1) is 5.56 Å². The number of carboxylic acids is 2. The highest BCUT2D eigenvalue weighted by atomic mass is 16.5. The van der Waals surface area contributed by atoms with Crippen LogP contribution in [0.25, 0.3) is 0 Å². The van der Waals surface area contributed by atoms with Crippen molar-refractivity contribution < 1.29 is 24.5 Å². The lowest BCUT2D eigenvalue weighted by molar-refractivity contribution is -0.137. The van der Waals surface area contributed by atoms with Gasteiger partial charge in [-0.2, -0.15) is 0 Å². The molecule has 2 N–H and O–H groups in total. The van der Waals surface area contributed by atoms with E-state index in [0.29, 0.717) is 19.6 Å². The van der Waals surface area contributed by atoms with Crippen molar-refractivity contribution in [3.8, 4) is 0 Å². The van der Waals surface area contributed by atoms with Crippen molar-refractivity contribution in [3.05, 3.63) is 130 Å². The monoisotopic (exact) mass is 567 g/mol. The van der Waals surface area contributed by atoms with Crippen molar-refractivity contribution in [2.75, 3.05) is 13.1 Å². The molecule has 3 aromatic carbocycles. The van der Waals surface area contributed by atoms with E-state index in [1.165, 1.54) is 16.7 Å². The SMILES string of the molecule is O=C(O)CCCCN(CCC1=C(OCc2ccc(CCc3ccccc3)cc2)C=CCC1)Cc1ccc(C(=O)O)cc1. The second-order valence-corrected chi connectivity index (χ2v) is 10.9. The number of rotatable bonds is 17. The van der Waals surface area contributed by atoms with Gasteiger partial charge in [-0.05, 0) is 97.5 Å². The van der Waals surface area contributed by atoms with Crippen molar-refractivity contribution in [2.24, 2.45) is 0 Å². The fourth-order valence-corrected chi connectivity index (χ4v) is 5.17. The number of carbonyl (C=O) groups is 2. The molecule has 0 radical (unpaired) electrons. The Morgan fingerprint density at radius 2 is 1.40 bits per heavy atom. The minimum absolute atomic E-state index is 0.170. The molecule has 0 saturated carbocycles. The van der Waals surface area contributed by atoms with Gasteiger partial charge in [-0.25, -0.2) is 4.79 Å². The van der Waals surface area contributed by atoms with Crippen LogP contribution in [-0.2, 0) is 35.5 Å². The molecule has 3 aromatic rings. The van der Waals surface area contributed by atoms with Crippen molar-refractivity contribution in [3.63, 3.8) is 0 Å². The van der Waals surface area contributed by atoms with Gasteiger partial charge < -0.3 is 14.9 Å². The van der Waals surface area contributed by atoms with Crippen LogP contribution in [0, 0.1) is 0 Å². The normalized spacial score (nSPS) is 13.0. The molecule has 0 aromatic heterocycles. The van der Waals surface area contributed by atoms with E-state index in [9.17, 15) is 14.7 Å². The van der Waals surface area contributed by atoms with E-state index in [2.05, 4.69) is 65.6 Å². The fourth-order valence-electron chi connectivity index (χ4n) is 5.17. The topological polar surface area (TPSA) is 87.1 Å². The highest BCUT2D eigenvalue weighted by molar-refractivity contribution is 5.87. The van der Waals surface area contributed by atoms with Gasteiger partial charge in [-0.3, -0.25) is 9.69 Å². The summed E-state index contributed by atoms with van der Waals surface area (Å²) in [5, 5.41) is 18.2. The molecule has 0 atom stereocenters. The molecule has 6 heteroatoms. The number of hydrogen-bond donors (Lipinski definition) is 2. The van der Waals surface area contributed by atoms with Crippen LogP contribution in [0.15, 0.2) is 102 Å². The maximum absolute atomic E-state index is 11.2. The van der Waals surface area contributed by atoms with Crippen LogP contribution in [0.2, 0.25) is 0 Å². The molecule has 42 heavy (non-hydrogen) atoms. The summed E-state index contributed by atoms with van der Waals surface area (Å²) in [5.74, 6) is -0.754. The summed E-state index contributed by atoms with van der Waals surface area (Å²) in [6.45, 7) is 2.81. The number of aromatic carboxylic acids is 1. The Kier molecular flexibility index (Phi) is 12.0. The van der Waals surface area contributed by atoms with E-state index in [1.54, 1.807) is 12.1 Å². The third kappa shape index (κ3) is 10.3. The van der Waals surface area contributed by atoms with Crippen molar-refractivity contribution in [1.29, 1.82) is 0 Å². The van der Waals surface area contributed by atoms with E-state index in [1.807, 2.05) is 18.2 Å². The fraction of sp³-hybridized carbons (Fsp3) is 0.333. The summed E-state index contributed by atoms with van der Waals surface area (Å²) in [5.41, 5.74) is 6.43. The first-order valence-electron chi connectivity index (χ1n) is 14.9. The van der Waals surface area contributed by atoms with Crippen LogP contribution in [0.4, 0.5) is 0 Å². The quantitative estimate of drug-likeness (QED) is 0.165. The lowest BCUT2D eigenvalue weighted by Gasteiger charge is -2.25. The minimum Gasteiger partial charge on any atom is -0.489 e. The number of aliphatic carboxylic acids is 1. The predicted octanol–water partition coefficient (Wildman–Crippen LogP) is 7.44. The standard InChI is InChI=1S/C36H41NO5/c38-35(39)12-6-7-24-37(26-30-19-21-33(22-20-30)36(40)41)25-23-32-10-4-5-11-34(32)42-27-31-17-15-29(16-18-31)14-13-28-8-2-1-3-9-28/h1-3,5,8-9,11,15-22H,4,6-7,10,12-14,23-27H2,(H,38,39)(H,40,41). The molecular weight excluding hydrogens is 526 g/mol. The predicted molar refractivity (Wildman–Crippen MR) is 165 cm³/mol. The maximum Gasteiger partial charge on any atom is 0.335 e.